The molecule has 3 nitrogen and oxygen atoms in total. The molecule has 0 saturated heterocycles. The van der Waals surface area contributed by atoms with Crippen LogP contribution < -0.4 is 11.3 Å². The van der Waals surface area contributed by atoms with Crippen LogP contribution in [0.25, 0.3) is 0 Å². The molecule has 1 aliphatic carbocycles. The summed E-state index contributed by atoms with van der Waals surface area (Å²) in [5.74, 6) is 5.12. The SMILES string of the molecule is NNC(=O)[C@H]1CC1(c1ccccc1)c1ccccc1. The monoisotopic (exact) mass is 252 g/mol. The first kappa shape index (κ1) is 11.9. The quantitative estimate of drug-likeness (QED) is 0.498. The zero-order chi connectivity index (χ0) is 13.3. The lowest BCUT2D eigenvalue weighted by Crippen LogP contribution is -2.34. The minimum Gasteiger partial charge on any atom is -0.294 e. The van der Waals surface area contributed by atoms with E-state index in [1.165, 1.54) is 11.1 Å². The highest BCUT2D eigenvalue weighted by Gasteiger charge is 2.60. The number of hydrogen-bond acceptors (Lipinski definition) is 2. The van der Waals surface area contributed by atoms with Crippen molar-refractivity contribution in [3.63, 3.8) is 0 Å². The van der Waals surface area contributed by atoms with Crippen molar-refractivity contribution in [2.45, 2.75) is 11.8 Å². The number of nitrogens with one attached hydrogen (secondary N) is 1. The van der Waals surface area contributed by atoms with E-state index in [9.17, 15) is 4.79 Å². The Morgan fingerprint density at radius 3 is 1.89 bits per heavy atom. The van der Waals surface area contributed by atoms with Crippen LogP contribution in [0.2, 0.25) is 0 Å². The number of rotatable bonds is 3. The number of hydrazine groups is 1. The summed E-state index contributed by atoms with van der Waals surface area (Å²) in [6, 6.07) is 20.3. The van der Waals surface area contributed by atoms with E-state index < -0.39 is 0 Å². The van der Waals surface area contributed by atoms with Crippen molar-refractivity contribution in [2.24, 2.45) is 11.8 Å². The summed E-state index contributed by atoms with van der Waals surface area (Å²) >= 11 is 0. The molecular weight excluding hydrogens is 236 g/mol. The second-order valence-electron chi connectivity index (χ2n) is 4.97. The maximum atomic E-state index is 11.9. The summed E-state index contributed by atoms with van der Waals surface area (Å²) in [7, 11) is 0. The van der Waals surface area contributed by atoms with Crippen molar-refractivity contribution < 1.29 is 4.79 Å². The maximum Gasteiger partial charge on any atom is 0.238 e. The molecule has 1 amide bonds. The Bertz CT molecular complexity index is 541. The van der Waals surface area contributed by atoms with Gasteiger partial charge in [0.15, 0.2) is 0 Å². The third-order valence-electron chi connectivity index (χ3n) is 4.00. The van der Waals surface area contributed by atoms with Crippen molar-refractivity contribution >= 4 is 5.91 Å². The molecule has 1 aliphatic rings. The Balaban J connectivity index is 2.07. The Kier molecular flexibility index (Phi) is 2.84. The maximum absolute atomic E-state index is 11.9. The standard InChI is InChI=1S/C16H16N2O/c17-18-15(19)14-11-16(14,12-7-3-1-4-8-12)13-9-5-2-6-10-13/h1-10,14H,11,17H2,(H,18,19)/t14-/m1/s1. The average molecular weight is 252 g/mol. The molecule has 1 atom stereocenters. The van der Waals surface area contributed by atoms with Crippen LogP contribution in [-0.4, -0.2) is 5.91 Å². The van der Waals surface area contributed by atoms with Crippen LogP contribution in [0, 0.1) is 5.92 Å². The molecule has 0 aliphatic heterocycles. The highest BCUT2D eigenvalue weighted by molar-refractivity contribution is 5.85. The lowest BCUT2D eigenvalue weighted by atomic mass is 9.85. The van der Waals surface area contributed by atoms with Crippen LogP contribution in [0.3, 0.4) is 0 Å². The topological polar surface area (TPSA) is 55.1 Å². The third kappa shape index (κ3) is 1.83. The van der Waals surface area contributed by atoms with Gasteiger partial charge in [0.1, 0.15) is 0 Å². The molecule has 3 N–H and O–H groups in total. The number of benzene rings is 2. The fourth-order valence-electron chi connectivity index (χ4n) is 2.96. The van der Waals surface area contributed by atoms with Crippen molar-refractivity contribution in [1.29, 1.82) is 0 Å². The number of carbonyl (C=O) groups excluding carboxylic acids is 1. The zero-order valence-corrected chi connectivity index (χ0v) is 10.5. The first-order valence-electron chi connectivity index (χ1n) is 6.40. The number of carbonyl (C=O) groups is 1. The van der Waals surface area contributed by atoms with Gasteiger partial charge in [0.2, 0.25) is 5.91 Å². The molecule has 0 unspecified atom stereocenters. The lowest BCUT2D eigenvalue weighted by Gasteiger charge is -2.18. The van der Waals surface area contributed by atoms with Crippen molar-refractivity contribution in [2.75, 3.05) is 0 Å². The smallest absolute Gasteiger partial charge is 0.238 e. The fourth-order valence-corrected chi connectivity index (χ4v) is 2.96. The predicted molar refractivity (Wildman–Crippen MR) is 74.1 cm³/mol. The largest absolute Gasteiger partial charge is 0.294 e. The van der Waals surface area contributed by atoms with E-state index in [2.05, 4.69) is 29.7 Å². The minimum absolute atomic E-state index is 0.0812. The second kappa shape index (κ2) is 4.52. The predicted octanol–water partition coefficient (Wildman–Crippen LogP) is 1.98. The fraction of sp³-hybridized carbons (Fsp3) is 0.188. The molecule has 2 aromatic carbocycles. The van der Waals surface area contributed by atoms with Crippen LogP contribution in [0.15, 0.2) is 60.7 Å². The Hall–Kier alpha value is -2.13. The van der Waals surface area contributed by atoms with E-state index in [1.807, 2.05) is 36.4 Å². The van der Waals surface area contributed by atoms with Crippen LogP contribution in [0.4, 0.5) is 0 Å². The van der Waals surface area contributed by atoms with Crippen molar-refractivity contribution in [3.05, 3.63) is 71.8 Å². The average Bonchev–Trinajstić information content (AvgIpc) is 3.25. The zero-order valence-electron chi connectivity index (χ0n) is 10.5. The van der Waals surface area contributed by atoms with Gasteiger partial charge in [-0.05, 0) is 17.5 Å². The van der Waals surface area contributed by atoms with E-state index in [-0.39, 0.29) is 17.2 Å². The van der Waals surface area contributed by atoms with Crippen molar-refractivity contribution in [3.8, 4) is 0 Å². The Morgan fingerprint density at radius 2 is 1.47 bits per heavy atom. The van der Waals surface area contributed by atoms with Crippen molar-refractivity contribution in [1.82, 2.24) is 5.43 Å². The van der Waals surface area contributed by atoms with E-state index in [1.54, 1.807) is 0 Å². The number of hydrogen-bond donors (Lipinski definition) is 2. The van der Waals surface area contributed by atoms with Gasteiger partial charge in [0, 0.05) is 5.41 Å². The van der Waals surface area contributed by atoms with Gasteiger partial charge in [-0.1, -0.05) is 60.7 Å². The molecule has 0 aromatic heterocycles. The summed E-state index contributed by atoms with van der Waals surface area (Å²) in [6.07, 6.45) is 0.810. The van der Waals surface area contributed by atoms with E-state index in [4.69, 9.17) is 5.84 Å². The van der Waals surface area contributed by atoms with Gasteiger partial charge in [-0.15, -0.1) is 0 Å². The van der Waals surface area contributed by atoms with E-state index in [0.29, 0.717) is 0 Å². The first-order chi connectivity index (χ1) is 9.29. The molecule has 19 heavy (non-hydrogen) atoms. The number of amides is 1. The van der Waals surface area contributed by atoms with Gasteiger partial charge >= 0.3 is 0 Å². The highest BCUT2D eigenvalue weighted by atomic mass is 16.2. The molecule has 0 radical (unpaired) electrons. The molecular formula is C16H16N2O. The van der Waals surface area contributed by atoms with Gasteiger partial charge in [-0.25, -0.2) is 5.84 Å². The van der Waals surface area contributed by atoms with Gasteiger partial charge in [0.05, 0.1) is 5.92 Å². The van der Waals surface area contributed by atoms with E-state index >= 15 is 0 Å². The molecule has 0 spiro atoms. The molecule has 1 fully saturated rings. The molecule has 0 heterocycles. The Labute approximate surface area is 112 Å². The van der Waals surface area contributed by atoms with Gasteiger partial charge in [-0.3, -0.25) is 10.2 Å². The van der Waals surface area contributed by atoms with Crippen LogP contribution in [-0.2, 0) is 10.2 Å². The minimum atomic E-state index is -0.216. The summed E-state index contributed by atoms with van der Waals surface area (Å²) in [5, 5.41) is 0. The summed E-state index contributed by atoms with van der Waals surface area (Å²) < 4.78 is 0. The highest BCUT2D eigenvalue weighted by Crippen LogP contribution is 2.58. The third-order valence-corrected chi connectivity index (χ3v) is 4.00. The van der Waals surface area contributed by atoms with Crippen LogP contribution in [0.1, 0.15) is 17.5 Å². The molecule has 1 saturated carbocycles. The van der Waals surface area contributed by atoms with Gasteiger partial charge < -0.3 is 0 Å². The summed E-state index contributed by atoms with van der Waals surface area (Å²) in [4.78, 5) is 11.9. The molecule has 3 heteroatoms. The van der Waals surface area contributed by atoms with Crippen LogP contribution >= 0.6 is 0 Å². The lowest BCUT2D eigenvalue weighted by molar-refractivity contribution is -0.122. The number of nitrogens with two attached hydrogens (primary N) is 1. The normalized spacial score (nSPS) is 19.7. The Morgan fingerprint density at radius 1 is 1.00 bits per heavy atom. The summed E-state index contributed by atoms with van der Waals surface area (Å²) in [5.41, 5.74) is 4.42. The molecule has 0 bridgehead atoms. The van der Waals surface area contributed by atoms with E-state index in [0.717, 1.165) is 6.42 Å². The first-order valence-corrected chi connectivity index (χ1v) is 6.40. The van der Waals surface area contributed by atoms with Gasteiger partial charge in [-0.2, -0.15) is 0 Å². The molecule has 96 valence electrons. The van der Waals surface area contributed by atoms with Crippen LogP contribution in [0.5, 0.6) is 0 Å². The summed E-state index contributed by atoms with van der Waals surface area (Å²) in [6.45, 7) is 0. The molecule has 2 aromatic rings. The van der Waals surface area contributed by atoms with Gasteiger partial charge in [0.25, 0.3) is 0 Å². The molecule has 3 rings (SSSR count). The second-order valence-corrected chi connectivity index (χ2v) is 4.97.